The molecule has 0 radical (unpaired) electrons. The Bertz CT molecular complexity index is 704. The summed E-state index contributed by atoms with van der Waals surface area (Å²) in [5.74, 6) is 0.407. The predicted molar refractivity (Wildman–Crippen MR) is 89.8 cm³/mol. The largest absolute Gasteiger partial charge is 0.377 e. The molecule has 0 aliphatic heterocycles. The average molecular weight is 323 g/mol. The molecule has 0 amide bonds. The molecule has 0 aliphatic rings. The van der Waals surface area contributed by atoms with E-state index in [4.69, 9.17) is 0 Å². The zero-order valence-corrected chi connectivity index (χ0v) is 14.4. The number of benzene rings is 1. The van der Waals surface area contributed by atoms with Gasteiger partial charge in [-0.2, -0.15) is 0 Å². The number of nitrogens with one attached hydrogen (secondary N) is 1. The highest BCUT2D eigenvalue weighted by molar-refractivity contribution is 7.90. The normalized spacial score (nSPS) is 13.4. The monoisotopic (exact) mass is 323 g/mol. The molecule has 1 unspecified atom stereocenters. The van der Waals surface area contributed by atoms with Crippen LogP contribution < -0.4 is 5.32 Å². The molecule has 2 rings (SSSR count). The molecule has 1 heterocycles. The van der Waals surface area contributed by atoms with Crippen molar-refractivity contribution in [2.45, 2.75) is 31.7 Å². The number of hydrogen-bond donors (Lipinski definition) is 1. The summed E-state index contributed by atoms with van der Waals surface area (Å²) in [4.78, 5) is 1.61. The molecule has 0 bridgehead atoms. The number of anilines is 1. The van der Waals surface area contributed by atoms with Gasteiger partial charge in [0.05, 0.1) is 10.9 Å². The van der Waals surface area contributed by atoms with Crippen molar-refractivity contribution in [1.29, 1.82) is 0 Å². The minimum atomic E-state index is -3.19. The van der Waals surface area contributed by atoms with Crippen molar-refractivity contribution in [3.05, 3.63) is 46.2 Å². The number of aryl methyl sites for hydroxylation is 1. The fraction of sp³-hybridized carbons (Fsp3) is 0.375. The molecule has 21 heavy (non-hydrogen) atoms. The summed E-state index contributed by atoms with van der Waals surface area (Å²) in [6, 6.07) is 9.57. The first-order chi connectivity index (χ1) is 9.79. The summed E-state index contributed by atoms with van der Waals surface area (Å²) in [6.45, 7) is 6.31. The number of thiophene rings is 1. The molecule has 1 N–H and O–H groups in total. The Morgan fingerprint density at radius 3 is 2.43 bits per heavy atom. The molecule has 1 aromatic carbocycles. The SMILES string of the molecule is Cc1ccc(S(C)(=O)=O)cc1NC(c1cccs1)C(C)C. The highest BCUT2D eigenvalue weighted by atomic mass is 32.2. The molecule has 0 spiro atoms. The lowest BCUT2D eigenvalue weighted by Crippen LogP contribution is -2.16. The molecular formula is C16H21NO2S2. The molecule has 114 valence electrons. The van der Waals surface area contributed by atoms with Crippen molar-refractivity contribution < 1.29 is 8.42 Å². The van der Waals surface area contributed by atoms with Crippen LogP contribution in [0.15, 0.2) is 40.6 Å². The van der Waals surface area contributed by atoms with Gasteiger partial charge >= 0.3 is 0 Å². The van der Waals surface area contributed by atoms with Crippen LogP contribution in [0, 0.1) is 12.8 Å². The van der Waals surface area contributed by atoms with E-state index in [0.29, 0.717) is 10.8 Å². The first-order valence-electron chi connectivity index (χ1n) is 6.89. The highest BCUT2D eigenvalue weighted by Crippen LogP contribution is 2.31. The van der Waals surface area contributed by atoms with Gasteiger partial charge in [-0.1, -0.05) is 26.0 Å². The van der Waals surface area contributed by atoms with E-state index in [-0.39, 0.29) is 6.04 Å². The Balaban J connectivity index is 2.37. The zero-order chi connectivity index (χ0) is 15.6. The van der Waals surface area contributed by atoms with Crippen LogP contribution in [0.1, 0.15) is 30.3 Å². The van der Waals surface area contributed by atoms with Crippen LogP contribution in [0.4, 0.5) is 5.69 Å². The van der Waals surface area contributed by atoms with Crippen LogP contribution in [-0.2, 0) is 9.84 Å². The summed E-state index contributed by atoms with van der Waals surface area (Å²) in [5, 5.41) is 5.57. The summed E-state index contributed by atoms with van der Waals surface area (Å²) >= 11 is 1.71. The van der Waals surface area contributed by atoms with Crippen molar-refractivity contribution in [3.63, 3.8) is 0 Å². The van der Waals surface area contributed by atoms with E-state index in [1.54, 1.807) is 23.5 Å². The van der Waals surface area contributed by atoms with Gasteiger partial charge < -0.3 is 5.32 Å². The second-order valence-electron chi connectivity index (χ2n) is 5.63. The lowest BCUT2D eigenvalue weighted by molar-refractivity contribution is 0.553. The molecule has 0 saturated carbocycles. The first kappa shape index (κ1) is 16.0. The van der Waals surface area contributed by atoms with Crippen LogP contribution in [0.3, 0.4) is 0 Å². The maximum absolute atomic E-state index is 11.7. The third-order valence-corrected chi connectivity index (χ3v) is 5.53. The molecule has 3 nitrogen and oxygen atoms in total. The molecule has 5 heteroatoms. The Labute approximate surface area is 130 Å². The fourth-order valence-corrected chi connectivity index (χ4v) is 3.79. The quantitative estimate of drug-likeness (QED) is 0.894. The maximum Gasteiger partial charge on any atom is 0.175 e. The van der Waals surface area contributed by atoms with E-state index in [2.05, 4.69) is 30.6 Å². The molecule has 1 aromatic heterocycles. The van der Waals surface area contributed by atoms with Gasteiger partial charge in [-0.05, 0) is 42.0 Å². The number of sulfone groups is 1. The summed E-state index contributed by atoms with van der Waals surface area (Å²) in [6.07, 6.45) is 1.24. The summed E-state index contributed by atoms with van der Waals surface area (Å²) in [7, 11) is -3.19. The van der Waals surface area contributed by atoms with Crippen molar-refractivity contribution in [2.75, 3.05) is 11.6 Å². The lowest BCUT2D eigenvalue weighted by atomic mass is 10.0. The highest BCUT2D eigenvalue weighted by Gasteiger charge is 2.18. The van der Waals surface area contributed by atoms with E-state index >= 15 is 0 Å². The molecule has 0 aliphatic carbocycles. The fourth-order valence-electron chi connectivity index (χ4n) is 2.19. The van der Waals surface area contributed by atoms with E-state index < -0.39 is 9.84 Å². The third-order valence-electron chi connectivity index (χ3n) is 3.46. The van der Waals surface area contributed by atoms with Crippen LogP contribution in [-0.4, -0.2) is 14.7 Å². The first-order valence-corrected chi connectivity index (χ1v) is 9.67. The Hall–Kier alpha value is -1.33. The lowest BCUT2D eigenvalue weighted by Gasteiger charge is -2.24. The third kappa shape index (κ3) is 3.86. The summed E-state index contributed by atoms with van der Waals surface area (Å²) < 4.78 is 23.4. The minimum absolute atomic E-state index is 0.179. The Morgan fingerprint density at radius 1 is 1.19 bits per heavy atom. The zero-order valence-electron chi connectivity index (χ0n) is 12.8. The van der Waals surface area contributed by atoms with Crippen LogP contribution in [0.25, 0.3) is 0 Å². The van der Waals surface area contributed by atoms with Gasteiger partial charge in [0.25, 0.3) is 0 Å². The van der Waals surface area contributed by atoms with Crippen molar-refractivity contribution in [2.24, 2.45) is 5.92 Å². The molecular weight excluding hydrogens is 302 g/mol. The second kappa shape index (κ2) is 6.20. The minimum Gasteiger partial charge on any atom is -0.377 e. The maximum atomic E-state index is 11.7. The van der Waals surface area contributed by atoms with E-state index in [1.165, 1.54) is 11.1 Å². The van der Waals surface area contributed by atoms with E-state index in [9.17, 15) is 8.42 Å². The van der Waals surface area contributed by atoms with Crippen LogP contribution in [0.5, 0.6) is 0 Å². The topological polar surface area (TPSA) is 46.2 Å². The van der Waals surface area contributed by atoms with E-state index in [1.807, 2.05) is 19.1 Å². The van der Waals surface area contributed by atoms with Gasteiger partial charge in [0.15, 0.2) is 9.84 Å². The smallest absolute Gasteiger partial charge is 0.175 e. The number of rotatable bonds is 5. The second-order valence-corrected chi connectivity index (χ2v) is 8.63. The summed E-state index contributed by atoms with van der Waals surface area (Å²) in [5.41, 5.74) is 1.93. The van der Waals surface area contributed by atoms with Crippen LogP contribution in [0.2, 0.25) is 0 Å². The van der Waals surface area contributed by atoms with Gasteiger partial charge in [-0.15, -0.1) is 11.3 Å². The molecule has 0 saturated heterocycles. The predicted octanol–water partition coefficient (Wildman–Crippen LogP) is 4.27. The number of hydrogen-bond acceptors (Lipinski definition) is 4. The molecule has 0 fully saturated rings. The van der Waals surface area contributed by atoms with Gasteiger partial charge in [0.2, 0.25) is 0 Å². The van der Waals surface area contributed by atoms with Gasteiger partial charge in [-0.3, -0.25) is 0 Å². The Kier molecular flexibility index (Phi) is 4.74. The van der Waals surface area contributed by atoms with Crippen LogP contribution >= 0.6 is 11.3 Å². The Morgan fingerprint density at radius 2 is 1.90 bits per heavy atom. The van der Waals surface area contributed by atoms with Crippen molar-refractivity contribution in [3.8, 4) is 0 Å². The van der Waals surface area contributed by atoms with Gasteiger partial charge in [-0.25, -0.2) is 8.42 Å². The van der Waals surface area contributed by atoms with Crippen molar-refractivity contribution >= 4 is 26.9 Å². The average Bonchev–Trinajstić information content (AvgIpc) is 2.89. The standard InChI is InChI=1S/C16H21NO2S2/c1-11(2)16(15-6-5-9-20-15)17-14-10-13(21(4,18)19)8-7-12(14)3/h5-11,16-17H,1-4H3. The van der Waals surface area contributed by atoms with E-state index in [0.717, 1.165) is 11.3 Å². The van der Waals surface area contributed by atoms with Gasteiger partial charge in [0.1, 0.15) is 0 Å². The van der Waals surface area contributed by atoms with Crippen molar-refractivity contribution in [1.82, 2.24) is 0 Å². The molecule has 1 atom stereocenters. The van der Waals surface area contributed by atoms with Gasteiger partial charge in [0, 0.05) is 16.8 Å². The molecule has 2 aromatic rings.